The predicted molar refractivity (Wildman–Crippen MR) is 120 cm³/mol. The Morgan fingerprint density at radius 3 is 2.71 bits per heavy atom. The molecular weight excluding hydrogens is 390 g/mol. The van der Waals surface area contributed by atoms with Crippen LogP contribution in [0.4, 0.5) is 11.6 Å². The van der Waals surface area contributed by atoms with E-state index >= 15 is 0 Å². The number of carbonyl (C=O) groups excluding carboxylic acids is 1. The van der Waals surface area contributed by atoms with Gasteiger partial charge in [0.25, 0.3) is 0 Å². The van der Waals surface area contributed by atoms with Gasteiger partial charge in [0, 0.05) is 49.6 Å². The van der Waals surface area contributed by atoms with Crippen molar-refractivity contribution in [1.82, 2.24) is 29.6 Å². The second kappa shape index (κ2) is 9.07. The Bertz CT molecular complexity index is 1070. The SMILES string of the molecule is Cc1nn(C)c(C)c1/C=C/C(=O)N1CCC[C@H](c2cnc(Nc3ccccn3)cn2)C1. The van der Waals surface area contributed by atoms with Gasteiger partial charge in [0.05, 0.1) is 23.8 Å². The van der Waals surface area contributed by atoms with Crippen LogP contribution < -0.4 is 5.32 Å². The third-order valence-electron chi connectivity index (χ3n) is 5.70. The van der Waals surface area contributed by atoms with Crippen LogP contribution in [0.5, 0.6) is 0 Å². The Morgan fingerprint density at radius 2 is 2.03 bits per heavy atom. The first-order valence-electron chi connectivity index (χ1n) is 10.5. The number of nitrogens with one attached hydrogen (secondary N) is 1. The monoisotopic (exact) mass is 417 g/mol. The molecule has 4 rings (SSSR count). The van der Waals surface area contributed by atoms with Crippen molar-refractivity contribution < 1.29 is 4.79 Å². The van der Waals surface area contributed by atoms with Crippen LogP contribution in [0.1, 0.15) is 41.4 Å². The molecule has 0 spiro atoms. The molecule has 1 amide bonds. The van der Waals surface area contributed by atoms with Gasteiger partial charge in [0.1, 0.15) is 11.6 Å². The lowest BCUT2D eigenvalue weighted by Gasteiger charge is -2.31. The molecule has 1 aliphatic rings. The second-order valence-corrected chi connectivity index (χ2v) is 7.83. The van der Waals surface area contributed by atoms with Crippen molar-refractivity contribution >= 4 is 23.6 Å². The first kappa shape index (κ1) is 20.7. The molecule has 1 fully saturated rings. The highest BCUT2D eigenvalue weighted by atomic mass is 16.2. The van der Waals surface area contributed by atoms with Gasteiger partial charge in [-0.1, -0.05) is 6.07 Å². The van der Waals surface area contributed by atoms with Crippen molar-refractivity contribution in [2.45, 2.75) is 32.6 Å². The lowest BCUT2D eigenvalue weighted by molar-refractivity contribution is -0.127. The minimum absolute atomic E-state index is 0.0220. The number of rotatable bonds is 5. The molecule has 1 aliphatic heterocycles. The zero-order valence-electron chi connectivity index (χ0n) is 18.1. The van der Waals surface area contributed by atoms with Crippen LogP contribution in [0, 0.1) is 13.8 Å². The summed E-state index contributed by atoms with van der Waals surface area (Å²) in [5.74, 6) is 1.58. The van der Waals surface area contributed by atoms with E-state index in [2.05, 4.69) is 25.4 Å². The number of likely N-dealkylation sites (tertiary alicyclic amines) is 1. The van der Waals surface area contributed by atoms with Crippen LogP contribution in [0.3, 0.4) is 0 Å². The summed E-state index contributed by atoms with van der Waals surface area (Å²) in [4.78, 5) is 28.0. The van der Waals surface area contributed by atoms with Crippen molar-refractivity contribution in [2.24, 2.45) is 7.05 Å². The quantitative estimate of drug-likeness (QED) is 0.640. The molecule has 4 heterocycles. The van der Waals surface area contributed by atoms with E-state index in [1.807, 2.05) is 54.8 Å². The van der Waals surface area contributed by atoms with E-state index in [1.165, 1.54) is 0 Å². The fourth-order valence-electron chi connectivity index (χ4n) is 3.89. The zero-order chi connectivity index (χ0) is 21.8. The number of hydrogen-bond donors (Lipinski definition) is 1. The molecule has 0 saturated carbocycles. The molecule has 0 aromatic carbocycles. The molecule has 0 aliphatic carbocycles. The Hall–Kier alpha value is -3.55. The van der Waals surface area contributed by atoms with Gasteiger partial charge in [0.2, 0.25) is 5.91 Å². The number of anilines is 2. The summed E-state index contributed by atoms with van der Waals surface area (Å²) in [6.45, 7) is 5.37. The van der Waals surface area contributed by atoms with Gasteiger partial charge in [-0.2, -0.15) is 5.10 Å². The third kappa shape index (κ3) is 4.79. The van der Waals surface area contributed by atoms with Gasteiger partial charge in [0.15, 0.2) is 0 Å². The van der Waals surface area contributed by atoms with Crippen molar-refractivity contribution in [1.29, 1.82) is 0 Å². The fraction of sp³-hybridized carbons (Fsp3) is 0.348. The molecular formula is C23H27N7O. The summed E-state index contributed by atoms with van der Waals surface area (Å²) in [5, 5.41) is 7.54. The first-order chi connectivity index (χ1) is 15.0. The average molecular weight is 418 g/mol. The molecule has 8 heteroatoms. The highest BCUT2D eigenvalue weighted by molar-refractivity contribution is 5.92. The van der Waals surface area contributed by atoms with E-state index in [1.54, 1.807) is 24.7 Å². The predicted octanol–water partition coefficient (Wildman–Crippen LogP) is 3.38. The molecule has 0 unspecified atom stereocenters. The van der Waals surface area contributed by atoms with Crippen LogP contribution in [0.15, 0.2) is 42.9 Å². The van der Waals surface area contributed by atoms with Gasteiger partial charge < -0.3 is 10.2 Å². The Kier molecular flexibility index (Phi) is 6.06. The van der Waals surface area contributed by atoms with E-state index in [4.69, 9.17) is 0 Å². The Balaban J connectivity index is 1.40. The second-order valence-electron chi connectivity index (χ2n) is 7.83. The van der Waals surface area contributed by atoms with Crippen LogP contribution >= 0.6 is 0 Å². The largest absolute Gasteiger partial charge is 0.338 e. The minimum atomic E-state index is 0.0220. The number of aryl methyl sites for hydroxylation is 2. The average Bonchev–Trinajstić information content (AvgIpc) is 3.04. The van der Waals surface area contributed by atoms with Crippen LogP contribution in [-0.2, 0) is 11.8 Å². The van der Waals surface area contributed by atoms with E-state index in [9.17, 15) is 4.79 Å². The molecule has 0 radical (unpaired) electrons. The normalized spacial score (nSPS) is 16.6. The number of pyridine rings is 1. The summed E-state index contributed by atoms with van der Waals surface area (Å²) < 4.78 is 1.83. The molecule has 1 saturated heterocycles. The van der Waals surface area contributed by atoms with E-state index in [0.29, 0.717) is 12.4 Å². The third-order valence-corrected chi connectivity index (χ3v) is 5.70. The lowest BCUT2D eigenvalue weighted by atomic mass is 9.95. The van der Waals surface area contributed by atoms with Crippen molar-refractivity contribution in [3.8, 4) is 0 Å². The summed E-state index contributed by atoms with van der Waals surface area (Å²) in [5.41, 5.74) is 3.89. The summed E-state index contributed by atoms with van der Waals surface area (Å²) in [7, 11) is 1.91. The zero-order valence-corrected chi connectivity index (χ0v) is 18.1. The lowest BCUT2D eigenvalue weighted by Crippen LogP contribution is -2.38. The van der Waals surface area contributed by atoms with Crippen molar-refractivity contribution in [2.75, 3.05) is 18.4 Å². The molecule has 0 bridgehead atoms. The number of amides is 1. The fourth-order valence-corrected chi connectivity index (χ4v) is 3.89. The molecule has 31 heavy (non-hydrogen) atoms. The highest BCUT2D eigenvalue weighted by Crippen LogP contribution is 2.26. The van der Waals surface area contributed by atoms with E-state index in [-0.39, 0.29) is 11.8 Å². The van der Waals surface area contributed by atoms with E-state index < -0.39 is 0 Å². The first-order valence-corrected chi connectivity index (χ1v) is 10.5. The van der Waals surface area contributed by atoms with Gasteiger partial charge in [-0.05, 0) is 44.9 Å². The van der Waals surface area contributed by atoms with E-state index in [0.717, 1.165) is 47.8 Å². The maximum Gasteiger partial charge on any atom is 0.246 e. The smallest absolute Gasteiger partial charge is 0.246 e. The highest BCUT2D eigenvalue weighted by Gasteiger charge is 2.25. The van der Waals surface area contributed by atoms with Crippen molar-refractivity contribution in [3.05, 3.63) is 65.5 Å². The maximum atomic E-state index is 12.8. The van der Waals surface area contributed by atoms with Gasteiger partial charge in [-0.25, -0.2) is 9.97 Å². The summed E-state index contributed by atoms with van der Waals surface area (Å²) >= 11 is 0. The number of piperidine rings is 1. The Morgan fingerprint density at radius 1 is 1.16 bits per heavy atom. The summed E-state index contributed by atoms with van der Waals surface area (Å²) in [6.07, 6.45) is 10.7. The minimum Gasteiger partial charge on any atom is -0.338 e. The van der Waals surface area contributed by atoms with Crippen molar-refractivity contribution in [3.63, 3.8) is 0 Å². The number of carbonyl (C=O) groups is 1. The van der Waals surface area contributed by atoms with Gasteiger partial charge in [-0.3, -0.25) is 14.5 Å². The van der Waals surface area contributed by atoms with Crippen LogP contribution in [0.25, 0.3) is 6.08 Å². The number of nitrogens with zero attached hydrogens (tertiary/aromatic N) is 6. The van der Waals surface area contributed by atoms with Crippen LogP contribution in [-0.4, -0.2) is 48.6 Å². The van der Waals surface area contributed by atoms with Gasteiger partial charge in [-0.15, -0.1) is 0 Å². The summed E-state index contributed by atoms with van der Waals surface area (Å²) in [6, 6.07) is 5.66. The molecule has 3 aromatic heterocycles. The molecule has 8 nitrogen and oxygen atoms in total. The van der Waals surface area contributed by atoms with Gasteiger partial charge >= 0.3 is 0 Å². The van der Waals surface area contributed by atoms with Crippen LogP contribution in [0.2, 0.25) is 0 Å². The maximum absolute atomic E-state index is 12.8. The molecule has 160 valence electrons. The molecule has 1 atom stereocenters. The standard InChI is InChI=1S/C23H27N7O/c1-16-19(17(2)29(3)28-16)9-10-23(31)30-12-6-7-18(15-30)20-13-26-22(14-25-20)27-21-8-4-5-11-24-21/h4-5,8-11,13-14,18H,6-7,12,15H2,1-3H3,(H,24,26,27)/b10-9+/t18-/m0/s1. The number of hydrogen-bond acceptors (Lipinski definition) is 6. The Labute approximate surface area is 182 Å². The molecule has 1 N–H and O–H groups in total. The topological polar surface area (TPSA) is 88.8 Å². The molecule has 3 aromatic rings. The number of aromatic nitrogens is 5.